The number of benzene rings is 1. The van der Waals surface area contributed by atoms with E-state index in [-0.39, 0.29) is 11.4 Å². The van der Waals surface area contributed by atoms with Gasteiger partial charge in [-0.3, -0.25) is 9.52 Å². The van der Waals surface area contributed by atoms with Crippen molar-refractivity contribution in [3.05, 3.63) is 66.0 Å². The molecule has 0 unspecified atom stereocenters. The molecule has 0 radical (unpaired) electrons. The molecule has 4 aromatic rings. The van der Waals surface area contributed by atoms with E-state index in [0.29, 0.717) is 17.5 Å². The van der Waals surface area contributed by atoms with E-state index in [9.17, 15) is 22.0 Å². The monoisotopic (exact) mass is 514 g/mol. The number of aromatic amines is 1. The summed E-state index contributed by atoms with van der Waals surface area (Å²) in [5, 5.41) is 3.08. The third kappa shape index (κ3) is 5.28. The summed E-state index contributed by atoms with van der Waals surface area (Å²) in [6.07, 6.45) is 3.37. The van der Waals surface area contributed by atoms with E-state index in [1.807, 2.05) is 37.2 Å². The number of amides is 1. The van der Waals surface area contributed by atoms with Gasteiger partial charge in [0.1, 0.15) is 22.8 Å². The standard InChI is InChI=1S/C24H24F2N6O3S/c1-4-9-36(34,35)31-18-7-6-17(25)21(22(18)26)24(33)29-16-10-15-11-19(30-23(15)28-13-16)14-5-8-20(27-12-14)32(2)3/h5-8,10-13,31H,4,9H2,1-3H3,(H,28,30)(H,29,33). The number of aromatic nitrogens is 3. The molecule has 188 valence electrons. The van der Waals surface area contributed by atoms with E-state index < -0.39 is 38.8 Å². The second-order valence-electron chi connectivity index (χ2n) is 8.30. The average Bonchev–Trinajstić information content (AvgIpc) is 3.24. The van der Waals surface area contributed by atoms with Crippen LogP contribution >= 0.6 is 0 Å². The molecule has 1 aromatic carbocycles. The lowest BCUT2D eigenvalue weighted by Gasteiger charge is -2.12. The minimum atomic E-state index is -3.84. The molecule has 0 aliphatic carbocycles. The maximum absolute atomic E-state index is 14.9. The lowest BCUT2D eigenvalue weighted by atomic mass is 10.1. The number of rotatable bonds is 8. The van der Waals surface area contributed by atoms with Gasteiger partial charge in [0.2, 0.25) is 10.0 Å². The summed E-state index contributed by atoms with van der Waals surface area (Å²) in [5.74, 6) is -2.96. The molecular formula is C24H24F2N6O3S. The van der Waals surface area contributed by atoms with Crippen LogP contribution in [0.25, 0.3) is 22.3 Å². The molecule has 3 N–H and O–H groups in total. The highest BCUT2D eigenvalue weighted by Crippen LogP contribution is 2.27. The summed E-state index contributed by atoms with van der Waals surface area (Å²) in [7, 11) is -0.0527. The Bertz CT molecular complexity index is 1540. The van der Waals surface area contributed by atoms with E-state index in [0.717, 1.165) is 29.2 Å². The Hall–Kier alpha value is -4.06. The first-order chi connectivity index (χ1) is 17.1. The van der Waals surface area contributed by atoms with Gasteiger partial charge in [0.05, 0.1) is 23.3 Å². The summed E-state index contributed by atoms with van der Waals surface area (Å²) >= 11 is 0. The van der Waals surface area contributed by atoms with Crippen LogP contribution in [-0.4, -0.2) is 49.1 Å². The van der Waals surface area contributed by atoms with Crippen molar-refractivity contribution in [1.29, 1.82) is 0 Å². The first-order valence-electron chi connectivity index (χ1n) is 11.0. The minimum absolute atomic E-state index is 0.204. The van der Waals surface area contributed by atoms with Crippen molar-refractivity contribution in [3.8, 4) is 11.3 Å². The van der Waals surface area contributed by atoms with Gasteiger partial charge in [0.15, 0.2) is 5.82 Å². The Kier molecular flexibility index (Phi) is 6.88. The molecule has 4 rings (SSSR count). The van der Waals surface area contributed by atoms with Crippen LogP contribution in [0.15, 0.2) is 48.8 Å². The number of anilines is 3. The largest absolute Gasteiger partial charge is 0.363 e. The van der Waals surface area contributed by atoms with Gasteiger partial charge in [-0.25, -0.2) is 27.2 Å². The molecule has 3 heterocycles. The number of hydrogen-bond acceptors (Lipinski definition) is 6. The predicted octanol–water partition coefficient (Wildman–Crippen LogP) is 4.37. The smallest absolute Gasteiger partial charge is 0.261 e. The number of sulfonamides is 1. The average molecular weight is 515 g/mol. The summed E-state index contributed by atoms with van der Waals surface area (Å²) in [6, 6.07) is 8.96. The second kappa shape index (κ2) is 9.90. The van der Waals surface area contributed by atoms with Crippen molar-refractivity contribution in [2.45, 2.75) is 13.3 Å². The Balaban J connectivity index is 1.58. The molecule has 0 aliphatic rings. The number of H-pyrrole nitrogens is 1. The van der Waals surface area contributed by atoms with E-state index in [1.54, 1.807) is 19.2 Å². The first kappa shape index (κ1) is 25.0. The number of fused-ring (bicyclic) bond motifs is 1. The van der Waals surface area contributed by atoms with Crippen molar-refractivity contribution in [2.24, 2.45) is 0 Å². The van der Waals surface area contributed by atoms with E-state index in [2.05, 4.69) is 25.0 Å². The quantitative estimate of drug-likeness (QED) is 0.321. The molecule has 3 aromatic heterocycles. The fourth-order valence-electron chi connectivity index (χ4n) is 3.57. The highest BCUT2D eigenvalue weighted by molar-refractivity contribution is 7.92. The Morgan fingerprint density at radius 2 is 1.86 bits per heavy atom. The number of halogens is 2. The number of hydrogen-bond donors (Lipinski definition) is 3. The van der Waals surface area contributed by atoms with Crippen LogP contribution in [0.1, 0.15) is 23.7 Å². The molecule has 9 nitrogen and oxygen atoms in total. The van der Waals surface area contributed by atoms with E-state index >= 15 is 0 Å². The zero-order valence-corrected chi connectivity index (χ0v) is 20.6. The fraction of sp³-hybridized carbons (Fsp3) is 0.208. The number of pyridine rings is 2. The normalized spacial score (nSPS) is 11.5. The predicted molar refractivity (Wildman–Crippen MR) is 136 cm³/mol. The van der Waals surface area contributed by atoms with Crippen molar-refractivity contribution >= 4 is 44.2 Å². The van der Waals surface area contributed by atoms with Crippen LogP contribution in [0.3, 0.4) is 0 Å². The molecule has 0 aliphatic heterocycles. The molecule has 12 heteroatoms. The lowest BCUT2D eigenvalue weighted by molar-refractivity contribution is 0.101. The molecule has 0 bridgehead atoms. The second-order valence-corrected chi connectivity index (χ2v) is 10.1. The van der Waals surface area contributed by atoms with Gasteiger partial charge in [-0.1, -0.05) is 6.92 Å². The minimum Gasteiger partial charge on any atom is -0.363 e. The zero-order chi connectivity index (χ0) is 26.0. The van der Waals surface area contributed by atoms with Gasteiger partial charge >= 0.3 is 0 Å². The SMILES string of the molecule is CCCS(=O)(=O)Nc1ccc(F)c(C(=O)Nc2cnc3[nH]c(-c4ccc(N(C)C)nc4)cc3c2)c1F. The number of nitrogens with one attached hydrogen (secondary N) is 3. The van der Waals surface area contributed by atoms with Gasteiger partial charge in [0, 0.05) is 36.9 Å². The van der Waals surface area contributed by atoms with E-state index in [1.165, 1.54) is 6.20 Å². The maximum Gasteiger partial charge on any atom is 0.261 e. The van der Waals surface area contributed by atoms with E-state index in [4.69, 9.17) is 0 Å². The van der Waals surface area contributed by atoms with Crippen molar-refractivity contribution < 1.29 is 22.0 Å². The molecule has 0 atom stereocenters. The van der Waals surface area contributed by atoms with Crippen LogP contribution in [0.2, 0.25) is 0 Å². The van der Waals surface area contributed by atoms with Crippen molar-refractivity contribution in [2.75, 3.05) is 34.8 Å². The summed E-state index contributed by atoms with van der Waals surface area (Å²) < 4.78 is 55.3. The highest BCUT2D eigenvalue weighted by Gasteiger charge is 2.23. The molecule has 0 saturated carbocycles. The van der Waals surface area contributed by atoms with Crippen molar-refractivity contribution in [1.82, 2.24) is 15.0 Å². The number of nitrogens with zero attached hydrogens (tertiary/aromatic N) is 3. The van der Waals surface area contributed by atoms with Crippen LogP contribution in [0, 0.1) is 11.6 Å². The Morgan fingerprint density at radius 3 is 2.53 bits per heavy atom. The maximum atomic E-state index is 14.9. The summed E-state index contributed by atoms with van der Waals surface area (Å²) in [4.78, 5) is 26.4. The third-order valence-corrected chi connectivity index (χ3v) is 6.78. The summed E-state index contributed by atoms with van der Waals surface area (Å²) in [5.41, 5.74) is 0.916. The molecular weight excluding hydrogens is 490 g/mol. The molecule has 36 heavy (non-hydrogen) atoms. The lowest BCUT2D eigenvalue weighted by Crippen LogP contribution is -2.20. The first-order valence-corrected chi connectivity index (χ1v) is 12.7. The van der Waals surface area contributed by atoms with Crippen LogP contribution in [0.5, 0.6) is 0 Å². The van der Waals surface area contributed by atoms with Gasteiger partial charge in [-0.15, -0.1) is 0 Å². The molecule has 0 saturated heterocycles. The fourth-order valence-corrected chi connectivity index (χ4v) is 4.70. The summed E-state index contributed by atoms with van der Waals surface area (Å²) in [6.45, 7) is 1.65. The Morgan fingerprint density at radius 1 is 1.08 bits per heavy atom. The van der Waals surface area contributed by atoms with Gasteiger partial charge in [0.25, 0.3) is 5.91 Å². The van der Waals surface area contributed by atoms with Crippen LogP contribution in [-0.2, 0) is 10.0 Å². The van der Waals surface area contributed by atoms with Crippen molar-refractivity contribution in [3.63, 3.8) is 0 Å². The number of carbonyl (C=O) groups is 1. The Labute approximate surface area is 206 Å². The zero-order valence-electron chi connectivity index (χ0n) is 19.8. The van der Waals surface area contributed by atoms with Gasteiger partial charge < -0.3 is 15.2 Å². The molecule has 1 amide bonds. The third-order valence-electron chi connectivity index (χ3n) is 5.30. The molecule has 0 spiro atoms. The van der Waals surface area contributed by atoms with Crippen LogP contribution < -0.4 is 14.9 Å². The highest BCUT2D eigenvalue weighted by atomic mass is 32.2. The van der Waals surface area contributed by atoms with Crippen LogP contribution in [0.4, 0.5) is 26.0 Å². The van der Waals surface area contributed by atoms with Gasteiger partial charge in [-0.05, 0) is 42.8 Å². The topological polar surface area (TPSA) is 120 Å². The molecule has 0 fully saturated rings. The number of carbonyl (C=O) groups excluding carboxylic acids is 1. The van der Waals surface area contributed by atoms with Gasteiger partial charge in [-0.2, -0.15) is 0 Å².